The molecule has 0 saturated carbocycles. The van der Waals surface area contributed by atoms with Crippen LogP contribution in [0.4, 0.5) is 24.8 Å². The average Bonchev–Trinajstić information content (AvgIpc) is 3.48. The maximum atomic E-state index is 12.3. The second-order valence-electron chi connectivity index (χ2n) is 8.67. The van der Waals surface area contributed by atoms with Crippen LogP contribution >= 0.6 is 0 Å². The van der Waals surface area contributed by atoms with Crippen molar-refractivity contribution < 1.29 is 32.2 Å². The van der Waals surface area contributed by atoms with Gasteiger partial charge in [0.1, 0.15) is 30.0 Å². The number of nitriles is 1. The summed E-state index contributed by atoms with van der Waals surface area (Å²) in [6.07, 6.45) is -0.450. The zero-order chi connectivity index (χ0) is 30.1. The van der Waals surface area contributed by atoms with E-state index in [9.17, 15) is 23.2 Å². The van der Waals surface area contributed by atoms with E-state index in [1.807, 2.05) is 6.92 Å². The minimum absolute atomic E-state index is 0.173. The standard InChI is InChI=1S/C26H24F3N9O4/c1-16(14-38-15-34-36-37-38)42-22-9-17(3-4-19(22)11-30)20-12-32-25(33-13-20)35-21-6-5-18(10-23(21)40-2)24(39)31-7-8-41-26(27,28)29/h3-6,9-10,12-13,15-16H,7-8,14H2,1-2H3,(H,31,39)(H,32,33,35). The topological polar surface area (TPSA) is 162 Å². The lowest BCUT2D eigenvalue weighted by atomic mass is 10.1. The molecule has 0 aliphatic heterocycles. The number of benzene rings is 2. The van der Waals surface area contributed by atoms with Gasteiger partial charge in [-0.3, -0.25) is 9.53 Å². The molecular weight excluding hydrogens is 559 g/mol. The molecule has 0 aliphatic carbocycles. The Morgan fingerprint density at radius 1 is 1.12 bits per heavy atom. The second kappa shape index (κ2) is 13.4. The number of alkyl halides is 3. The van der Waals surface area contributed by atoms with Crippen LogP contribution in [0, 0.1) is 11.3 Å². The number of hydrogen-bond donors (Lipinski definition) is 2. The molecule has 13 nitrogen and oxygen atoms in total. The van der Waals surface area contributed by atoms with Crippen molar-refractivity contribution in [3.8, 4) is 28.7 Å². The molecule has 16 heteroatoms. The fraction of sp³-hybridized carbons (Fsp3) is 0.269. The Morgan fingerprint density at radius 2 is 1.90 bits per heavy atom. The van der Waals surface area contributed by atoms with E-state index in [1.165, 1.54) is 30.3 Å². The molecule has 0 bridgehead atoms. The van der Waals surface area contributed by atoms with Crippen LogP contribution in [-0.2, 0) is 11.3 Å². The number of nitrogens with zero attached hydrogens (tertiary/aromatic N) is 7. The van der Waals surface area contributed by atoms with Crippen molar-refractivity contribution in [3.63, 3.8) is 0 Å². The Labute approximate surface area is 237 Å². The van der Waals surface area contributed by atoms with Gasteiger partial charge in [-0.25, -0.2) is 14.6 Å². The van der Waals surface area contributed by atoms with Gasteiger partial charge in [0.15, 0.2) is 0 Å². The molecule has 0 aliphatic rings. The minimum atomic E-state index is -4.77. The first kappa shape index (κ1) is 29.7. The third-order valence-corrected chi connectivity index (χ3v) is 5.61. The van der Waals surface area contributed by atoms with Gasteiger partial charge in [-0.15, -0.1) is 18.3 Å². The van der Waals surface area contributed by atoms with Gasteiger partial charge in [0.2, 0.25) is 5.95 Å². The average molecular weight is 584 g/mol. The molecule has 0 radical (unpaired) electrons. The van der Waals surface area contributed by atoms with Gasteiger partial charge in [-0.1, -0.05) is 6.07 Å². The first-order chi connectivity index (χ1) is 20.1. The van der Waals surface area contributed by atoms with Gasteiger partial charge >= 0.3 is 6.36 Å². The summed E-state index contributed by atoms with van der Waals surface area (Å²) in [6, 6.07) is 11.7. The van der Waals surface area contributed by atoms with Gasteiger partial charge in [0, 0.05) is 30.1 Å². The molecule has 2 N–H and O–H groups in total. The van der Waals surface area contributed by atoms with Crippen LogP contribution in [0.1, 0.15) is 22.8 Å². The van der Waals surface area contributed by atoms with Crippen LogP contribution in [0.15, 0.2) is 55.1 Å². The Hall–Kier alpha value is -5.30. The number of hydrogen-bond acceptors (Lipinski definition) is 11. The lowest BCUT2D eigenvalue weighted by Gasteiger charge is -2.16. The molecule has 1 amide bonds. The van der Waals surface area contributed by atoms with E-state index in [-0.39, 0.29) is 29.9 Å². The van der Waals surface area contributed by atoms with Crippen LogP contribution in [0.3, 0.4) is 0 Å². The first-order valence-electron chi connectivity index (χ1n) is 12.3. The predicted octanol–water partition coefficient (Wildman–Crippen LogP) is 3.49. The molecule has 1 atom stereocenters. The summed E-state index contributed by atoms with van der Waals surface area (Å²) in [5.74, 6) is 0.312. The highest BCUT2D eigenvalue weighted by molar-refractivity contribution is 5.95. The van der Waals surface area contributed by atoms with Gasteiger partial charge in [-0.2, -0.15) is 5.26 Å². The number of halogens is 3. The van der Waals surface area contributed by atoms with Crippen molar-refractivity contribution in [1.82, 2.24) is 35.5 Å². The summed E-state index contributed by atoms with van der Waals surface area (Å²) in [4.78, 5) is 21.0. The Bertz CT molecular complexity index is 1540. The van der Waals surface area contributed by atoms with E-state index >= 15 is 0 Å². The van der Waals surface area contributed by atoms with Crippen LogP contribution in [-0.4, -0.2) is 68.8 Å². The van der Waals surface area contributed by atoms with Gasteiger partial charge in [0.05, 0.1) is 31.5 Å². The second-order valence-corrected chi connectivity index (χ2v) is 8.67. The molecule has 218 valence electrons. The highest BCUT2D eigenvalue weighted by Crippen LogP contribution is 2.30. The van der Waals surface area contributed by atoms with Crippen LogP contribution in [0.2, 0.25) is 0 Å². The zero-order valence-corrected chi connectivity index (χ0v) is 22.3. The summed E-state index contributed by atoms with van der Waals surface area (Å²) in [7, 11) is 1.40. The number of tetrazole rings is 1. The quantitative estimate of drug-likeness (QED) is 0.235. The largest absolute Gasteiger partial charge is 0.522 e. The van der Waals surface area contributed by atoms with E-state index < -0.39 is 18.9 Å². The first-order valence-corrected chi connectivity index (χ1v) is 12.3. The highest BCUT2D eigenvalue weighted by Gasteiger charge is 2.28. The Morgan fingerprint density at radius 3 is 2.57 bits per heavy atom. The fourth-order valence-electron chi connectivity index (χ4n) is 3.70. The number of ether oxygens (including phenoxy) is 3. The number of amides is 1. The number of nitrogens with one attached hydrogen (secondary N) is 2. The van der Waals surface area contributed by atoms with Crippen LogP contribution in [0.25, 0.3) is 11.1 Å². The lowest BCUT2D eigenvalue weighted by molar-refractivity contribution is -0.323. The third kappa shape index (κ3) is 8.11. The molecule has 42 heavy (non-hydrogen) atoms. The van der Waals surface area contributed by atoms with E-state index in [4.69, 9.17) is 9.47 Å². The molecule has 2 aromatic heterocycles. The smallest absolute Gasteiger partial charge is 0.495 e. The molecular formula is C26H24F3N9O4. The summed E-state index contributed by atoms with van der Waals surface area (Å²) in [6.45, 7) is 1.18. The van der Waals surface area contributed by atoms with E-state index in [1.54, 1.807) is 36.7 Å². The number of rotatable bonds is 12. The van der Waals surface area contributed by atoms with Gasteiger partial charge in [-0.05, 0) is 53.2 Å². The van der Waals surface area contributed by atoms with E-state index in [0.29, 0.717) is 29.1 Å². The summed E-state index contributed by atoms with van der Waals surface area (Å²) in [5, 5.41) is 25.9. The van der Waals surface area contributed by atoms with Crippen molar-refractivity contribution in [2.45, 2.75) is 25.9 Å². The summed E-state index contributed by atoms with van der Waals surface area (Å²) >= 11 is 0. The number of methoxy groups -OCH3 is 1. The monoisotopic (exact) mass is 583 g/mol. The molecule has 0 spiro atoms. The minimum Gasteiger partial charge on any atom is -0.495 e. The fourth-order valence-corrected chi connectivity index (χ4v) is 3.70. The Kier molecular flexibility index (Phi) is 9.45. The molecule has 4 rings (SSSR count). The van der Waals surface area contributed by atoms with Crippen molar-refractivity contribution >= 4 is 17.5 Å². The molecule has 1 unspecified atom stereocenters. The SMILES string of the molecule is COc1cc(C(=O)NCCOC(F)(F)F)ccc1Nc1ncc(-c2ccc(C#N)c(OC(C)Cn3cnnn3)c2)cn1. The number of aromatic nitrogens is 6. The highest BCUT2D eigenvalue weighted by atomic mass is 19.4. The summed E-state index contributed by atoms with van der Waals surface area (Å²) < 4.78 is 52.7. The lowest BCUT2D eigenvalue weighted by Crippen LogP contribution is -2.29. The molecule has 2 aromatic carbocycles. The third-order valence-electron chi connectivity index (χ3n) is 5.61. The van der Waals surface area contributed by atoms with E-state index in [0.717, 1.165) is 5.56 Å². The number of carbonyl (C=O) groups is 1. The maximum Gasteiger partial charge on any atom is 0.522 e. The molecule has 2 heterocycles. The zero-order valence-electron chi connectivity index (χ0n) is 22.3. The van der Waals surface area contributed by atoms with Crippen LogP contribution < -0.4 is 20.1 Å². The van der Waals surface area contributed by atoms with E-state index in [2.05, 4.69) is 46.9 Å². The summed E-state index contributed by atoms with van der Waals surface area (Å²) in [5.41, 5.74) is 2.37. The van der Waals surface area contributed by atoms with Crippen molar-refractivity contribution in [2.24, 2.45) is 0 Å². The Balaban J connectivity index is 1.41. The van der Waals surface area contributed by atoms with Gasteiger partial charge < -0.3 is 20.1 Å². The van der Waals surface area contributed by atoms with Crippen LogP contribution in [0.5, 0.6) is 11.5 Å². The number of anilines is 2. The van der Waals surface area contributed by atoms with Crippen molar-refractivity contribution in [2.75, 3.05) is 25.6 Å². The molecule has 0 fully saturated rings. The number of carbonyl (C=O) groups excluding carboxylic acids is 1. The normalized spacial score (nSPS) is 11.8. The predicted molar refractivity (Wildman–Crippen MR) is 141 cm³/mol. The molecule has 4 aromatic rings. The maximum absolute atomic E-state index is 12.3. The van der Waals surface area contributed by atoms with Gasteiger partial charge in [0.25, 0.3) is 5.91 Å². The van der Waals surface area contributed by atoms with Crippen molar-refractivity contribution in [1.29, 1.82) is 5.26 Å². The molecule has 0 saturated heterocycles. The van der Waals surface area contributed by atoms with Crippen molar-refractivity contribution in [3.05, 3.63) is 66.2 Å².